The first-order valence-electron chi connectivity index (χ1n) is 8.26. The number of carbonyl (C=O) groups is 1. The molecule has 0 spiro atoms. The topological polar surface area (TPSA) is 53.6 Å². The highest BCUT2D eigenvalue weighted by molar-refractivity contribution is 7.99. The van der Waals surface area contributed by atoms with Crippen LogP contribution in [-0.4, -0.2) is 66.9 Å². The zero-order valence-electron chi connectivity index (χ0n) is 13.6. The van der Waals surface area contributed by atoms with E-state index < -0.39 is 0 Å². The Kier molecular flexibility index (Phi) is 7.05. The smallest absolute Gasteiger partial charge is 0.315 e. The molecular weight excluding hydrogens is 298 g/mol. The summed E-state index contributed by atoms with van der Waals surface area (Å²) in [7, 11) is 0. The Hall–Kier alpha value is -0.720. The molecule has 2 amide bonds. The summed E-state index contributed by atoms with van der Waals surface area (Å²) in [6.45, 7) is 10.1. The monoisotopic (exact) mass is 327 g/mol. The van der Waals surface area contributed by atoms with Gasteiger partial charge in [-0.25, -0.2) is 4.79 Å². The molecule has 2 N–H and O–H groups in total. The lowest BCUT2D eigenvalue weighted by atomic mass is 9.95. The highest BCUT2D eigenvalue weighted by Crippen LogP contribution is 2.33. The van der Waals surface area contributed by atoms with Gasteiger partial charge in [0.15, 0.2) is 0 Å². The van der Waals surface area contributed by atoms with Gasteiger partial charge in [-0.3, -0.25) is 4.90 Å². The molecule has 2 heterocycles. The predicted octanol–water partition coefficient (Wildman–Crippen LogP) is 1.85. The van der Waals surface area contributed by atoms with Crippen molar-refractivity contribution in [3.63, 3.8) is 0 Å². The van der Waals surface area contributed by atoms with Crippen molar-refractivity contribution in [3.05, 3.63) is 12.7 Å². The Morgan fingerprint density at radius 3 is 2.86 bits per heavy atom. The lowest BCUT2D eigenvalue weighted by molar-refractivity contribution is -0.0124. The van der Waals surface area contributed by atoms with Crippen molar-refractivity contribution in [1.82, 2.24) is 15.5 Å². The van der Waals surface area contributed by atoms with Crippen LogP contribution in [0.2, 0.25) is 0 Å². The van der Waals surface area contributed by atoms with E-state index >= 15 is 0 Å². The lowest BCUT2D eigenvalue weighted by Gasteiger charge is -2.43. The van der Waals surface area contributed by atoms with Gasteiger partial charge in [0.1, 0.15) is 0 Å². The van der Waals surface area contributed by atoms with E-state index in [2.05, 4.69) is 29.0 Å². The van der Waals surface area contributed by atoms with Crippen LogP contribution in [0.3, 0.4) is 0 Å². The van der Waals surface area contributed by atoms with Gasteiger partial charge in [0.2, 0.25) is 0 Å². The normalized spacial score (nSPS) is 27.3. The van der Waals surface area contributed by atoms with Crippen LogP contribution in [0.5, 0.6) is 0 Å². The van der Waals surface area contributed by atoms with Gasteiger partial charge in [0, 0.05) is 37.0 Å². The third-order valence-corrected chi connectivity index (χ3v) is 5.86. The summed E-state index contributed by atoms with van der Waals surface area (Å²) in [5.41, 5.74) is 0.103. The summed E-state index contributed by atoms with van der Waals surface area (Å²) in [6.07, 6.45) is 4.73. The minimum absolute atomic E-state index is 0.0572. The molecule has 2 saturated heterocycles. The van der Waals surface area contributed by atoms with Crippen molar-refractivity contribution in [1.29, 1.82) is 0 Å². The molecule has 0 unspecified atom stereocenters. The molecule has 2 aliphatic heterocycles. The maximum Gasteiger partial charge on any atom is 0.315 e. The maximum absolute atomic E-state index is 12.2. The Morgan fingerprint density at radius 2 is 2.27 bits per heavy atom. The molecule has 0 bridgehead atoms. The fourth-order valence-electron chi connectivity index (χ4n) is 3.14. The largest absolute Gasteiger partial charge is 0.379 e. The van der Waals surface area contributed by atoms with Gasteiger partial charge in [0.05, 0.1) is 13.2 Å². The van der Waals surface area contributed by atoms with E-state index in [9.17, 15) is 4.79 Å². The standard InChI is InChI=1S/C16H29N3O2S/c1-3-5-14(4-2)18-15(20)17-12-16(6-11-22-13-16)19-7-9-21-10-8-19/h3,14H,1,4-13H2,2H3,(H2,17,18,20)/t14-,16-/m0/s1. The molecule has 2 rings (SSSR count). The maximum atomic E-state index is 12.2. The zero-order valence-corrected chi connectivity index (χ0v) is 14.4. The fourth-order valence-corrected chi connectivity index (χ4v) is 4.62. The number of amides is 2. The number of hydrogen-bond acceptors (Lipinski definition) is 4. The average molecular weight is 327 g/mol. The number of nitrogens with one attached hydrogen (secondary N) is 2. The third-order valence-electron chi connectivity index (χ3n) is 4.62. The second-order valence-electron chi connectivity index (χ2n) is 6.08. The molecule has 0 aromatic heterocycles. The number of rotatable bonds is 7. The Labute approximate surface area is 138 Å². The van der Waals surface area contributed by atoms with Gasteiger partial charge < -0.3 is 15.4 Å². The Bertz CT molecular complexity index is 366. The molecule has 2 fully saturated rings. The van der Waals surface area contributed by atoms with E-state index in [1.807, 2.05) is 17.8 Å². The van der Waals surface area contributed by atoms with Gasteiger partial charge in [0.25, 0.3) is 0 Å². The first kappa shape index (κ1) is 17.6. The summed E-state index contributed by atoms with van der Waals surface area (Å²) in [6, 6.07) is 0.119. The van der Waals surface area contributed by atoms with E-state index in [4.69, 9.17) is 4.74 Å². The number of carbonyl (C=O) groups excluding carboxylic acids is 1. The molecule has 2 atom stereocenters. The van der Waals surface area contributed by atoms with Crippen molar-refractivity contribution < 1.29 is 9.53 Å². The molecule has 0 aromatic rings. The van der Waals surface area contributed by atoms with Crippen LogP contribution in [0.4, 0.5) is 4.79 Å². The van der Waals surface area contributed by atoms with Crippen molar-refractivity contribution >= 4 is 17.8 Å². The van der Waals surface area contributed by atoms with E-state index in [1.165, 1.54) is 5.75 Å². The van der Waals surface area contributed by atoms with Crippen LogP contribution in [0.15, 0.2) is 12.7 Å². The summed E-state index contributed by atoms with van der Waals surface area (Å²) in [5.74, 6) is 2.27. The fraction of sp³-hybridized carbons (Fsp3) is 0.812. The molecule has 0 radical (unpaired) electrons. The second kappa shape index (κ2) is 8.79. The second-order valence-corrected chi connectivity index (χ2v) is 7.19. The molecule has 22 heavy (non-hydrogen) atoms. The molecule has 5 nitrogen and oxygen atoms in total. The summed E-state index contributed by atoms with van der Waals surface area (Å²) < 4.78 is 5.47. The van der Waals surface area contributed by atoms with Crippen LogP contribution in [0, 0.1) is 0 Å². The summed E-state index contributed by atoms with van der Waals surface area (Å²) in [5, 5.41) is 6.15. The molecular formula is C16H29N3O2S. The van der Waals surface area contributed by atoms with E-state index in [0.717, 1.165) is 57.9 Å². The Balaban J connectivity index is 1.86. The van der Waals surface area contributed by atoms with E-state index in [0.29, 0.717) is 0 Å². The molecule has 0 aromatic carbocycles. The molecule has 0 aliphatic carbocycles. The number of ether oxygens (including phenoxy) is 1. The number of hydrogen-bond donors (Lipinski definition) is 2. The number of morpholine rings is 1. The van der Waals surface area contributed by atoms with Crippen LogP contribution in [0.1, 0.15) is 26.2 Å². The van der Waals surface area contributed by atoms with Crippen LogP contribution in [-0.2, 0) is 4.74 Å². The lowest BCUT2D eigenvalue weighted by Crippen LogP contribution is -2.60. The van der Waals surface area contributed by atoms with Gasteiger partial charge in [-0.15, -0.1) is 6.58 Å². The number of nitrogens with zero attached hydrogens (tertiary/aromatic N) is 1. The zero-order chi connectivity index (χ0) is 15.8. The number of urea groups is 1. The SMILES string of the molecule is C=CC[C@H](CC)NC(=O)NC[C@@]1(N2CCOCC2)CCSC1. The van der Waals surface area contributed by atoms with Crippen LogP contribution < -0.4 is 10.6 Å². The van der Waals surface area contributed by atoms with Gasteiger partial charge in [-0.05, 0) is 25.0 Å². The van der Waals surface area contributed by atoms with E-state index in [-0.39, 0.29) is 17.6 Å². The number of thioether (sulfide) groups is 1. The molecule has 0 saturated carbocycles. The van der Waals surface area contributed by atoms with Crippen molar-refractivity contribution in [2.45, 2.75) is 37.8 Å². The van der Waals surface area contributed by atoms with E-state index in [1.54, 1.807) is 0 Å². The van der Waals surface area contributed by atoms with Crippen molar-refractivity contribution in [2.24, 2.45) is 0 Å². The van der Waals surface area contributed by atoms with Gasteiger partial charge in [-0.2, -0.15) is 11.8 Å². The summed E-state index contributed by atoms with van der Waals surface area (Å²) >= 11 is 1.99. The quantitative estimate of drug-likeness (QED) is 0.701. The summed E-state index contributed by atoms with van der Waals surface area (Å²) in [4.78, 5) is 14.7. The van der Waals surface area contributed by atoms with Crippen LogP contribution in [0.25, 0.3) is 0 Å². The average Bonchev–Trinajstić information content (AvgIpc) is 3.03. The predicted molar refractivity (Wildman–Crippen MR) is 92.5 cm³/mol. The van der Waals surface area contributed by atoms with Gasteiger partial charge in [-0.1, -0.05) is 13.0 Å². The van der Waals surface area contributed by atoms with Crippen molar-refractivity contribution in [3.8, 4) is 0 Å². The highest BCUT2D eigenvalue weighted by atomic mass is 32.2. The molecule has 6 heteroatoms. The van der Waals surface area contributed by atoms with Crippen LogP contribution >= 0.6 is 11.8 Å². The molecule has 126 valence electrons. The third kappa shape index (κ3) is 4.64. The Morgan fingerprint density at radius 1 is 1.50 bits per heavy atom. The first-order chi connectivity index (χ1) is 10.7. The highest BCUT2D eigenvalue weighted by Gasteiger charge is 2.40. The molecule has 2 aliphatic rings. The minimum Gasteiger partial charge on any atom is -0.379 e. The van der Waals surface area contributed by atoms with Gasteiger partial charge >= 0.3 is 6.03 Å². The minimum atomic E-state index is -0.0572. The van der Waals surface area contributed by atoms with Crippen molar-refractivity contribution in [2.75, 3.05) is 44.4 Å². The first-order valence-corrected chi connectivity index (χ1v) is 9.41.